The van der Waals surface area contributed by atoms with E-state index in [0.29, 0.717) is 17.9 Å². The number of hydrogen-bond acceptors (Lipinski definition) is 4. The molecule has 1 aromatic carbocycles. The maximum absolute atomic E-state index is 13.0. The molecule has 0 spiro atoms. The normalized spacial score (nSPS) is 28.5. The van der Waals surface area contributed by atoms with Gasteiger partial charge in [0, 0.05) is 19.1 Å². The Labute approximate surface area is 172 Å². The van der Waals surface area contributed by atoms with Crippen LogP contribution in [-0.4, -0.2) is 30.0 Å². The second-order valence-electron chi connectivity index (χ2n) is 9.09. The highest BCUT2D eigenvalue weighted by atomic mass is 32.1. The van der Waals surface area contributed by atoms with Crippen LogP contribution in [0.1, 0.15) is 57.1 Å². The molecule has 2 fully saturated rings. The van der Waals surface area contributed by atoms with Gasteiger partial charge in [-0.1, -0.05) is 44.1 Å². The Morgan fingerprint density at radius 2 is 2.00 bits per heavy atom. The van der Waals surface area contributed by atoms with Gasteiger partial charge in [-0.25, -0.2) is 4.98 Å². The van der Waals surface area contributed by atoms with Gasteiger partial charge in [0.05, 0.1) is 16.1 Å². The number of anilines is 1. The molecule has 1 saturated heterocycles. The maximum Gasteiger partial charge on any atom is 0.225 e. The van der Waals surface area contributed by atoms with E-state index in [1.165, 1.54) is 28.7 Å². The van der Waals surface area contributed by atoms with Gasteiger partial charge in [-0.15, -0.1) is 0 Å². The highest BCUT2D eigenvalue weighted by molar-refractivity contribution is 7.22. The quantitative estimate of drug-likeness (QED) is 0.784. The van der Waals surface area contributed by atoms with Crippen LogP contribution < -0.4 is 10.2 Å². The first kappa shape index (κ1) is 19.7. The number of fused-ring (bicyclic) bond motifs is 1. The summed E-state index contributed by atoms with van der Waals surface area (Å²) in [5.74, 6) is 1.61. The molecule has 1 N–H and O–H groups in total. The van der Waals surface area contributed by atoms with Crippen molar-refractivity contribution < 1.29 is 4.79 Å². The monoisotopic (exact) mass is 399 g/mol. The number of aryl methyl sites for hydroxylation is 2. The third-order valence-corrected chi connectivity index (χ3v) is 7.98. The van der Waals surface area contributed by atoms with Crippen molar-refractivity contribution in [2.45, 2.75) is 65.8 Å². The lowest BCUT2D eigenvalue weighted by Gasteiger charge is -2.37. The SMILES string of the molecule is Cc1cc(C)c2nc(N3CCCC(C(=O)NC4CCCC(C)C4C)C3)sc2c1. The molecule has 1 aliphatic heterocycles. The van der Waals surface area contributed by atoms with Gasteiger partial charge in [0.1, 0.15) is 0 Å². The molecule has 4 atom stereocenters. The van der Waals surface area contributed by atoms with Crippen molar-refractivity contribution in [2.75, 3.05) is 18.0 Å². The topological polar surface area (TPSA) is 45.2 Å². The number of nitrogens with zero attached hydrogens (tertiary/aromatic N) is 2. The van der Waals surface area contributed by atoms with Gasteiger partial charge in [0.2, 0.25) is 5.91 Å². The minimum Gasteiger partial charge on any atom is -0.353 e. The van der Waals surface area contributed by atoms with Gasteiger partial charge >= 0.3 is 0 Å². The molecular weight excluding hydrogens is 366 g/mol. The number of benzene rings is 1. The fraction of sp³-hybridized carbons (Fsp3) is 0.652. The lowest BCUT2D eigenvalue weighted by atomic mass is 9.78. The van der Waals surface area contributed by atoms with Crippen LogP contribution in [0.4, 0.5) is 5.13 Å². The third-order valence-electron chi connectivity index (χ3n) is 6.92. The molecule has 0 radical (unpaired) electrons. The van der Waals surface area contributed by atoms with E-state index in [4.69, 9.17) is 4.98 Å². The van der Waals surface area contributed by atoms with Crippen LogP contribution in [0.3, 0.4) is 0 Å². The summed E-state index contributed by atoms with van der Waals surface area (Å²) in [6.45, 7) is 10.7. The molecule has 2 aliphatic rings. The van der Waals surface area contributed by atoms with Crippen molar-refractivity contribution in [3.8, 4) is 0 Å². The van der Waals surface area contributed by atoms with E-state index in [1.807, 2.05) is 0 Å². The number of aromatic nitrogens is 1. The number of rotatable bonds is 3. The molecule has 1 aliphatic carbocycles. The Balaban J connectivity index is 1.45. The van der Waals surface area contributed by atoms with Gasteiger partial charge in [-0.3, -0.25) is 4.79 Å². The molecule has 1 saturated carbocycles. The summed E-state index contributed by atoms with van der Waals surface area (Å²) < 4.78 is 1.25. The van der Waals surface area contributed by atoms with Crippen molar-refractivity contribution in [1.29, 1.82) is 0 Å². The van der Waals surface area contributed by atoms with Gasteiger partial charge in [0.15, 0.2) is 5.13 Å². The van der Waals surface area contributed by atoms with Gasteiger partial charge in [-0.2, -0.15) is 0 Å². The van der Waals surface area contributed by atoms with Crippen molar-refractivity contribution in [2.24, 2.45) is 17.8 Å². The van der Waals surface area contributed by atoms with E-state index >= 15 is 0 Å². The van der Waals surface area contributed by atoms with Crippen LogP contribution in [0.25, 0.3) is 10.2 Å². The molecule has 4 unspecified atom stereocenters. The number of carbonyl (C=O) groups excluding carboxylic acids is 1. The van der Waals surface area contributed by atoms with Crippen LogP contribution in [0.15, 0.2) is 12.1 Å². The number of carbonyl (C=O) groups is 1. The molecule has 152 valence electrons. The van der Waals surface area contributed by atoms with E-state index in [-0.39, 0.29) is 11.8 Å². The number of hydrogen-bond donors (Lipinski definition) is 1. The zero-order valence-electron chi connectivity index (χ0n) is 17.6. The van der Waals surface area contributed by atoms with Crippen LogP contribution in [0, 0.1) is 31.6 Å². The maximum atomic E-state index is 13.0. The minimum atomic E-state index is 0.0769. The summed E-state index contributed by atoms with van der Waals surface area (Å²) in [5, 5.41) is 4.47. The van der Waals surface area contributed by atoms with Gasteiger partial charge < -0.3 is 10.2 Å². The first-order chi connectivity index (χ1) is 13.4. The summed E-state index contributed by atoms with van der Waals surface area (Å²) in [6.07, 6.45) is 5.70. The molecule has 1 amide bonds. The Kier molecular flexibility index (Phi) is 5.64. The van der Waals surface area contributed by atoms with Crippen LogP contribution in [-0.2, 0) is 4.79 Å². The largest absolute Gasteiger partial charge is 0.353 e. The first-order valence-electron chi connectivity index (χ1n) is 10.9. The fourth-order valence-corrected chi connectivity index (χ4v) is 6.12. The second-order valence-corrected chi connectivity index (χ2v) is 10.1. The molecule has 4 rings (SSSR count). The Bertz CT molecular complexity index is 861. The number of amides is 1. The predicted octanol–water partition coefficient (Wildman–Crippen LogP) is 5.07. The molecule has 2 aromatic rings. The Morgan fingerprint density at radius 1 is 1.18 bits per heavy atom. The first-order valence-corrected chi connectivity index (χ1v) is 11.7. The summed E-state index contributed by atoms with van der Waals surface area (Å²) in [7, 11) is 0. The van der Waals surface area contributed by atoms with Crippen LogP contribution >= 0.6 is 11.3 Å². The standard InChI is InChI=1S/C23H33N3OS/c1-14-11-16(3)21-20(12-14)28-23(25-21)26-10-6-8-18(13-26)22(27)24-19-9-5-7-15(2)17(19)4/h11-12,15,17-19H,5-10,13H2,1-4H3,(H,24,27). The zero-order valence-corrected chi connectivity index (χ0v) is 18.4. The smallest absolute Gasteiger partial charge is 0.225 e. The second kappa shape index (κ2) is 8.02. The Hall–Kier alpha value is -1.62. The number of thiazole rings is 1. The molecular formula is C23H33N3OS. The third kappa shape index (κ3) is 3.91. The molecule has 4 nitrogen and oxygen atoms in total. The van der Waals surface area contributed by atoms with Crippen LogP contribution in [0.2, 0.25) is 0 Å². The van der Waals surface area contributed by atoms with Crippen LogP contribution in [0.5, 0.6) is 0 Å². The van der Waals surface area contributed by atoms with E-state index < -0.39 is 0 Å². The van der Waals surface area contributed by atoms with E-state index in [1.54, 1.807) is 11.3 Å². The average molecular weight is 400 g/mol. The lowest BCUT2D eigenvalue weighted by molar-refractivity contribution is -0.126. The van der Waals surface area contributed by atoms with Crippen molar-refractivity contribution in [3.63, 3.8) is 0 Å². The van der Waals surface area contributed by atoms with Crippen molar-refractivity contribution >= 4 is 32.6 Å². The Morgan fingerprint density at radius 3 is 2.82 bits per heavy atom. The average Bonchev–Trinajstić information content (AvgIpc) is 3.10. The summed E-state index contributed by atoms with van der Waals surface area (Å²) in [6, 6.07) is 4.77. The highest BCUT2D eigenvalue weighted by Crippen LogP contribution is 2.34. The highest BCUT2D eigenvalue weighted by Gasteiger charge is 2.32. The lowest BCUT2D eigenvalue weighted by Crippen LogP contribution is -2.49. The fourth-order valence-electron chi connectivity index (χ4n) is 4.95. The van der Waals surface area contributed by atoms with E-state index in [0.717, 1.165) is 43.0 Å². The molecule has 1 aromatic heterocycles. The van der Waals surface area contributed by atoms with Crippen molar-refractivity contribution in [1.82, 2.24) is 10.3 Å². The summed E-state index contributed by atoms with van der Waals surface area (Å²) in [5.41, 5.74) is 3.64. The minimum absolute atomic E-state index is 0.0769. The van der Waals surface area contributed by atoms with Gasteiger partial charge in [0.25, 0.3) is 0 Å². The number of nitrogens with one attached hydrogen (secondary N) is 1. The molecule has 5 heteroatoms. The van der Waals surface area contributed by atoms with Crippen molar-refractivity contribution in [3.05, 3.63) is 23.3 Å². The molecule has 0 bridgehead atoms. The molecule has 28 heavy (non-hydrogen) atoms. The van der Waals surface area contributed by atoms with E-state index in [9.17, 15) is 4.79 Å². The summed E-state index contributed by atoms with van der Waals surface area (Å²) in [4.78, 5) is 20.3. The molecule has 2 heterocycles. The van der Waals surface area contributed by atoms with E-state index in [2.05, 4.69) is 50.0 Å². The number of piperidine rings is 1. The summed E-state index contributed by atoms with van der Waals surface area (Å²) >= 11 is 1.77. The van der Waals surface area contributed by atoms with Gasteiger partial charge in [-0.05, 0) is 62.1 Å². The zero-order chi connectivity index (χ0) is 19.8. The predicted molar refractivity (Wildman–Crippen MR) is 118 cm³/mol.